The van der Waals surface area contributed by atoms with E-state index in [1.807, 2.05) is 24.3 Å². The van der Waals surface area contributed by atoms with Crippen LogP contribution in [-0.4, -0.2) is 46.8 Å². The van der Waals surface area contributed by atoms with Gasteiger partial charge in [0.25, 0.3) is 0 Å². The Morgan fingerprint density at radius 2 is 1.97 bits per heavy atom. The predicted molar refractivity (Wildman–Crippen MR) is 137 cm³/mol. The number of carboxylic acid groups (broad SMARTS) is 1. The van der Waals surface area contributed by atoms with Crippen LogP contribution in [0.15, 0.2) is 42.5 Å². The average molecular weight is 516 g/mol. The third kappa shape index (κ3) is 7.57. The molecule has 1 aliphatic carbocycles. The number of aliphatic hydroxyl groups excluding tert-OH is 1. The maximum atomic E-state index is 11.3. The molecule has 1 saturated heterocycles. The maximum Gasteiger partial charge on any atom is 0.307 e. The maximum absolute atomic E-state index is 11.3. The highest BCUT2D eigenvalue weighted by molar-refractivity contribution is 6.30. The molecule has 2 aliphatic rings. The second-order valence-electron chi connectivity index (χ2n) is 8.93. The minimum absolute atomic E-state index is 0. The molecule has 182 valence electrons. The first-order valence-corrected chi connectivity index (χ1v) is 11.6. The van der Waals surface area contributed by atoms with Crippen molar-refractivity contribution in [2.45, 2.75) is 50.8 Å². The Hall–Kier alpha value is -1.34. The Morgan fingerprint density at radius 1 is 1.15 bits per heavy atom. The summed E-state index contributed by atoms with van der Waals surface area (Å²) in [5, 5.41) is 24.0. The van der Waals surface area contributed by atoms with E-state index in [-0.39, 0.29) is 30.7 Å². The van der Waals surface area contributed by atoms with Crippen LogP contribution in [0, 0.1) is 5.92 Å². The molecule has 33 heavy (non-hydrogen) atoms. The van der Waals surface area contributed by atoms with Gasteiger partial charge in [0.15, 0.2) is 0 Å². The number of carbonyl (C=O) groups is 1. The zero-order chi connectivity index (χ0) is 21.8. The van der Waals surface area contributed by atoms with Gasteiger partial charge in [0, 0.05) is 30.7 Å². The molecule has 8 heteroatoms. The molecule has 0 aromatic heterocycles. The van der Waals surface area contributed by atoms with E-state index in [9.17, 15) is 15.0 Å². The number of likely N-dealkylation sites (tertiary alicyclic amines) is 1. The molecule has 0 amide bonds. The number of nitrogens with zero attached hydrogens (tertiary/aromatic N) is 1. The monoisotopic (exact) mass is 514 g/mol. The number of aryl methyl sites for hydroxylation is 1. The molecule has 5 nitrogen and oxygen atoms in total. The summed E-state index contributed by atoms with van der Waals surface area (Å²) in [5.41, 5.74) is 4.86. The van der Waals surface area contributed by atoms with E-state index in [4.69, 9.17) is 11.6 Å². The molecule has 1 fully saturated rings. The van der Waals surface area contributed by atoms with Gasteiger partial charge in [-0.1, -0.05) is 41.9 Å². The molecule has 0 bridgehead atoms. The van der Waals surface area contributed by atoms with Gasteiger partial charge >= 0.3 is 5.97 Å². The first kappa shape index (κ1) is 27.9. The zero-order valence-corrected chi connectivity index (χ0v) is 21.0. The normalized spacial score (nSPS) is 21.3. The quantitative estimate of drug-likeness (QED) is 0.500. The van der Waals surface area contributed by atoms with Crippen molar-refractivity contribution in [2.75, 3.05) is 19.6 Å². The van der Waals surface area contributed by atoms with E-state index in [0.717, 1.165) is 50.8 Å². The number of aliphatic hydroxyl groups is 1. The average Bonchev–Trinajstić information content (AvgIpc) is 2.77. The van der Waals surface area contributed by atoms with E-state index in [1.165, 1.54) is 16.7 Å². The third-order valence-electron chi connectivity index (χ3n) is 6.59. The predicted octanol–water partition coefficient (Wildman–Crippen LogP) is 4.66. The van der Waals surface area contributed by atoms with Gasteiger partial charge in [0.2, 0.25) is 0 Å². The largest absolute Gasteiger partial charge is 0.481 e. The number of nitrogens with one attached hydrogen (secondary N) is 1. The zero-order valence-electron chi connectivity index (χ0n) is 18.6. The highest BCUT2D eigenvalue weighted by Crippen LogP contribution is 2.25. The van der Waals surface area contributed by atoms with E-state index in [0.29, 0.717) is 24.2 Å². The van der Waals surface area contributed by atoms with Crippen molar-refractivity contribution in [3.8, 4) is 0 Å². The Kier molecular flexibility index (Phi) is 10.9. The van der Waals surface area contributed by atoms with Crippen LogP contribution in [0.4, 0.5) is 0 Å². The Bertz CT molecular complexity index is 928. The highest BCUT2D eigenvalue weighted by atomic mass is 35.5. The molecule has 4 rings (SSSR count). The van der Waals surface area contributed by atoms with Crippen molar-refractivity contribution in [1.29, 1.82) is 0 Å². The molecule has 0 radical (unpaired) electrons. The third-order valence-corrected chi connectivity index (χ3v) is 6.83. The smallest absolute Gasteiger partial charge is 0.307 e. The number of benzene rings is 2. The number of fused-ring (bicyclic) bond motifs is 1. The van der Waals surface area contributed by atoms with Crippen molar-refractivity contribution < 1.29 is 15.0 Å². The molecule has 0 unspecified atom stereocenters. The lowest BCUT2D eigenvalue weighted by atomic mass is 9.87. The summed E-state index contributed by atoms with van der Waals surface area (Å²) in [7, 11) is 0. The highest BCUT2D eigenvalue weighted by Gasteiger charge is 2.26. The summed E-state index contributed by atoms with van der Waals surface area (Å²) in [6.45, 7) is 2.91. The van der Waals surface area contributed by atoms with E-state index >= 15 is 0 Å². The van der Waals surface area contributed by atoms with Crippen molar-refractivity contribution in [3.05, 3.63) is 69.7 Å². The van der Waals surface area contributed by atoms with Gasteiger partial charge in [-0.05, 0) is 73.0 Å². The Labute approximate surface area is 213 Å². The van der Waals surface area contributed by atoms with Crippen LogP contribution in [0.1, 0.15) is 47.6 Å². The number of piperidine rings is 1. The van der Waals surface area contributed by atoms with Gasteiger partial charge in [-0.25, -0.2) is 0 Å². The molecule has 3 atom stereocenters. The van der Waals surface area contributed by atoms with E-state index in [2.05, 4.69) is 28.4 Å². The molecule has 0 spiro atoms. The fraction of sp³-hybridized carbons (Fsp3) is 0.480. The van der Waals surface area contributed by atoms with Crippen LogP contribution in [-0.2, 0) is 24.2 Å². The summed E-state index contributed by atoms with van der Waals surface area (Å²) in [6.07, 6.45) is 4.19. The minimum atomic E-state index is -0.677. The van der Waals surface area contributed by atoms with Gasteiger partial charge in [0.1, 0.15) is 0 Å². The molecule has 2 aromatic rings. The molecule has 0 saturated carbocycles. The summed E-state index contributed by atoms with van der Waals surface area (Å²) in [4.78, 5) is 13.6. The first-order valence-electron chi connectivity index (χ1n) is 11.2. The van der Waals surface area contributed by atoms with Crippen molar-refractivity contribution in [1.82, 2.24) is 10.2 Å². The molecular formula is C25H33Cl3N2O3. The number of hydrogen-bond donors (Lipinski definition) is 3. The molecule has 1 heterocycles. The summed E-state index contributed by atoms with van der Waals surface area (Å²) in [5.74, 6) is -0.921. The van der Waals surface area contributed by atoms with Gasteiger partial charge in [-0.3, -0.25) is 9.69 Å². The van der Waals surface area contributed by atoms with Gasteiger partial charge in [0.05, 0.1) is 12.0 Å². The SMILES string of the molecule is Cl.Cl.O=C(O)[C@@H]1CCCN(Cc2ccc3c(c2)C[C@@H](NC[C@@H](O)c2cccc(Cl)c2)CC3)C1. The summed E-state index contributed by atoms with van der Waals surface area (Å²) in [6, 6.07) is 14.4. The van der Waals surface area contributed by atoms with E-state index in [1.54, 1.807) is 0 Å². The van der Waals surface area contributed by atoms with Crippen LogP contribution >= 0.6 is 36.4 Å². The Morgan fingerprint density at radius 3 is 2.73 bits per heavy atom. The molecular weight excluding hydrogens is 483 g/mol. The summed E-state index contributed by atoms with van der Waals surface area (Å²) < 4.78 is 0. The minimum Gasteiger partial charge on any atom is -0.481 e. The fourth-order valence-electron chi connectivity index (χ4n) is 4.85. The number of aliphatic carboxylic acids is 1. The molecule has 2 aromatic carbocycles. The van der Waals surface area contributed by atoms with Crippen LogP contribution in [0.25, 0.3) is 0 Å². The second kappa shape index (κ2) is 12.9. The van der Waals surface area contributed by atoms with Gasteiger partial charge in [-0.15, -0.1) is 24.8 Å². The molecule has 3 N–H and O–H groups in total. The number of carboxylic acids is 1. The second-order valence-corrected chi connectivity index (χ2v) is 9.37. The van der Waals surface area contributed by atoms with Gasteiger partial charge < -0.3 is 15.5 Å². The lowest BCUT2D eigenvalue weighted by molar-refractivity contribution is -0.143. The fourth-order valence-corrected chi connectivity index (χ4v) is 5.05. The van der Waals surface area contributed by atoms with Crippen LogP contribution in [0.5, 0.6) is 0 Å². The number of rotatable bonds is 7. The van der Waals surface area contributed by atoms with Crippen molar-refractivity contribution in [2.24, 2.45) is 5.92 Å². The first-order chi connectivity index (χ1) is 15.0. The van der Waals surface area contributed by atoms with Crippen molar-refractivity contribution in [3.63, 3.8) is 0 Å². The topological polar surface area (TPSA) is 72.8 Å². The lowest BCUT2D eigenvalue weighted by Gasteiger charge is -2.31. The Balaban J connectivity index is 0.00000193. The molecule has 1 aliphatic heterocycles. The van der Waals surface area contributed by atoms with Gasteiger partial charge in [-0.2, -0.15) is 0 Å². The van der Waals surface area contributed by atoms with E-state index < -0.39 is 12.1 Å². The van der Waals surface area contributed by atoms with Crippen LogP contribution in [0.2, 0.25) is 5.02 Å². The van der Waals surface area contributed by atoms with Crippen molar-refractivity contribution >= 4 is 42.4 Å². The number of halogens is 3. The van der Waals surface area contributed by atoms with Crippen LogP contribution < -0.4 is 5.32 Å². The standard InChI is InChI=1S/C25H31ClN2O3.2ClH/c26-22-5-1-3-19(12-22)24(29)14-27-23-9-8-18-7-6-17(11-21(18)13-23)15-28-10-2-4-20(16-28)25(30)31;;/h1,3,5-7,11-12,20,23-24,27,29H,2,4,8-10,13-16H2,(H,30,31);2*1H/t20-,23+,24-;;/m1../s1. The van der Waals surface area contributed by atoms with Crippen LogP contribution in [0.3, 0.4) is 0 Å². The number of hydrogen-bond acceptors (Lipinski definition) is 4. The summed E-state index contributed by atoms with van der Waals surface area (Å²) >= 11 is 6.04. The lowest BCUT2D eigenvalue weighted by Crippen LogP contribution is -2.38.